The van der Waals surface area contributed by atoms with Gasteiger partial charge >= 0.3 is 4.87 Å². The summed E-state index contributed by atoms with van der Waals surface area (Å²) in [5.41, 5.74) is 1.66. The van der Waals surface area contributed by atoms with E-state index in [1.165, 1.54) is 11.3 Å². The van der Waals surface area contributed by atoms with E-state index in [2.05, 4.69) is 0 Å². The number of aromatic nitrogens is 1. The Balaban J connectivity index is 1.96. The third-order valence-corrected chi connectivity index (χ3v) is 4.65. The number of carbonyl (C=O) groups excluding carboxylic acids is 1. The quantitative estimate of drug-likeness (QED) is 0.736. The van der Waals surface area contributed by atoms with E-state index in [4.69, 9.17) is 0 Å². The van der Waals surface area contributed by atoms with Gasteiger partial charge in [-0.05, 0) is 38.1 Å². The predicted molar refractivity (Wildman–Crippen MR) is 95.1 cm³/mol. The molecule has 0 bridgehead atoms. The second-order valence-corrected chi connectivity index (χ2v) is 6.61. The number of hydrogen-bond donors (Lipinski definition) is 0. The molecule has 0 aliphatic heterocycles. The number of para-hydroxylation sites is 2. The topological polar surface area (TPSA) is 42.3 Å². The maximum Gasteiger partial charge on any atom is 0.308 e. The van der Waals surface area contributed by atoms with E-state index in [1.807, 2.05) is 68.4 Å². The summed E-state index contributed by atoms with van der Waals surface area (Å²) in [6, 6.07) is 17.1. The molecule has 0 unspecified atom stereocenters. The lowest BCUT2D eigenvalue weighted by molar-refractivity contribution is -0.119. The van der Waals surface area contributed by atoms with Crippen molar-refractivity contribution in [2.75, 3.05) is 4.90 Å². The second-order valence-electron chi connectivity index (χ2n) is 5.61. The summed E-state index contributed by atoms with van der Waals surface area (Å²) in [5, 5.41) is 0. The van der Waals surface area contributed by atoms with Gasteiger partial charge in [0.2, 0.25) is 5.91 Å². The van der Waals surface area contributed by atoms with Gasteiger partial charge in [-0.3, -0.25) is 14.2 Å². The van der Waals surface area contributed by atoms with Crippen LogP contribution in [0, 0.1) is 0 Å². The first-order valence-electron chi connectivity index (χ1n) is 7.53. The summed E-state index contributed by atoms with van der Waals surface area (Å²) in [5.74, 6) is -0.0862. The fraction of sp³-hybridized carbons (Fsp3) is 0.222. The molecule has 1 heterocycles. The number of thiazole rings is 1. The standard InChI is InChI=1S/C18H18N2O2S/c1-13(2)20(14-8-4-3-5-9-14)17(21)12-19-15-10-6-7-11-16(15)23-18(19)22/h3-11,13H,12H2,1-2H3. The van der Waals surface area contributed by atoms with Crippen molar-refractivity contribution in [2.45, 2.75) is 26.4 Å². The van der Waals surface area contributed by atoms with Crippen LogP contribution in [0.15, 0.2) is 59.4 Å². The molecule has 0 saturated heterocycles. The van der Waals surface area contributed by atoms with Crippen LogP contribution in [0.25, 0.3) is 10.2 Å². The van der Waals surface area contributed by atoms with Gasteiger partial charge in [-0.1, -0.05) is 41.7 Å². The molecule has 0 aliphatic rings. The van der Waals surface area contributed by atoms with Crippen molar-refractivity contribution in [1.82, 2.24) is 4.57 Å². The Labute approximate surface area is 138 Å². The predicted octanol–water partition coefficient (Wildman–Crippen LogP) is 3.50. The smallest absolute Gasteiger partial charge is 0.308 e. The van der Waals surface area contributed by atoms with Crippen LogP contribution >= 0.6 is 11.3 Å². The zero-order chi connectivity index (χ0) is 16.4. The molecule has 0 saturated carbocycles. The molecule has 118 valence electrons. The second kappa shape index (κ2) is 6.38. The minimum atomic E-state index is -0.101. The van der Waals surface area contributed by atoms with Gasteiger partial charge in [0.15, 0.2) is 0 Å². The molecular weight excluding hydrogens is 308 g/mol. The van der Waals surface area contributed by atoms with Crippen molar-refractivity contribution in [3.8, 4) is 0 Å². The Hall–Kier alpha value is -2.40. The number of benzene rings is 2. The van der Waals surface area contributed by atoms with E-state index in [0.29, 0.717) is 0 Å². The first-order valence-corrected chi connectivity index (χ1v) is 8.35. The lowest BCUT2D eigenvalue weighted by Crippen LogP contribution is -2.40. The third kappa shape index (κ3) is 3.05. The van der Waals surface area contributed by atoms with Crippen LogP contribution in [0.1, 0.15) is 13.8 Å². The van der Waals surface area contributed by atoms with Crippen LogP contribution in [-0.4, -0.2) is 16.5 Å². The van der Waals surface area contributed by atoms with Crippen molar-refractivity contribution in [1.29, 1.82) is 0 Å². The van der Waals surface area contributed by atoms with Gasteiger partial charge < -0.3 is 4.90 Å². The summed E-state index contributed by atoms with van der Waals surface area (Å²) in [6.45, 7) is 3.99. The number of fused-ring (bicyclic) bond motifs is 1. The molecule has 1 amide bonds. The number of nitrogens with zero attached hydrogens (tertiary/aromatic N) is 2. The molecule has 0 radical (unpaired) electrons. The largest absolute Gasteiger partial charge is 0.308 e. The van der Waals surface area contributed by atoms with Crippen molar-refractivity contribution in [3.05, 3.63) is 64.3 Å². The van der Waals surface area contributed by atoms with Gasteiger partial charge in [-0.2, -0.15) is 0 Å². The first-order chi connectivity index (χ1) is 11.1. The van der Waals surface area contributed by atoms with E-state index in [0.717, 1.165) is 15.9 Å². The molecule has 0 spiro atoms. The average Bonchev–Trinajstić information content (AvgIpc) is 2.84. The van der Waals surface area contributed by atoms with E-state index in [-0.39, 0.29) is 23.4 Å². The number of amides is 1. The lowest BCUT2D eigenvalue weighted by atomic mass is 10.2. The molecule has 4 nitrogen and oxygen atoms in total. The highest BCUT2D eigenvalue weighted by Gasteiger charge is 2.20. The molecule has 0 N–H and O–H groups in total. The highest BCUT2D eigenvalue weighted by atomic mass is 32.1. The zero-order valence-corrected chi connectivity index (χ0v) is 13.9. The summed E-state index contributed by atoms with van der Waals surface area (Å²) in [7, 11) is 0. The third-order valence-electron chi connectivity index (χ3n) is 3.69. The Kier molecular flexibility index (Phi) is 4.30. The van der Waals surface area contributed by atoms with Crippen LogP contribution < -0.4 is 9.77 Å². The molecule has 0 fully saturated rings. The number of rotatable bonds is 4. The van der Waals surface area contributed by atoms with E-state index < -0.39 is 0 Å². The molecule has 0 atom stereocenters. The SMILES string of the molecule is CC(C)N(C(=O)Cn1c(=O)sc2ccccc21)c1ccccc1. The number of carbonyl (C=O) groups is 1. The summed E-state index contributed by atoms with van der Waals surface area (Å²) >= 11 is 1.17. The van der Waals surface area contributed by atoms with Crippen LogP contribution in [0.4, 0.5) is 5.69 Å². The van der Waals surface area contributed by atoms with E-state index in [9.17, 15) is 9.59 Å². The van der Waals surface area contributed by atoms with E-state index >= 15 is 0 Å². The number of anilines is 1. The summed E-state index contributed by atoms with van der Waals surface area (Å²) in [6.07, 6.45) is 0. The molecule has 2 aromatic carbocycles. The zero-order valence-electron chi connectivity index (χ0n) is 13.1. The molecule has 5 heteroatoms. The fourth-order valence-corrected chi connectivity index (χ4v) is 3.58. The highest BCUT2D eigenvalue weighted by molar-refractivity contribution is 7.16. The van der Waals surface area contributed by atoms with Gasteiger partial charge in [0.25, 0.3) is 0 Å². The summed E-state index contributed by atoms with van der Waals surface area (Å²) < 4.78 is 2.46. The molecule has 3 aromatic rings. The lowest BCUT2D eigenvalue weighted by Gasteiger charge is -2.27. The van der Waals surface area contributed by atoms with Crippen molar-refractivity contribution < 1.29 is 4.79 Å². The molecule has 23 heavy (non-hydrogen) atoms. The van der Waals surface area contributed by atoms with Crippen LogP contribution in [0.3, 0.4) is 0 Å². The van der Waals surface area contributed by atoms with Gasteiger partial charge in [0, 0.05) is 11.7 Å². The Bertz CT molecular complexity index is 881. The normalized spacial score (nSPS) is 11.1. The van der Waals surface area contributed by atoms with Crippen LogP contribution in [-0.2, 0) is 11.3 Å². The van der Waals surface area contributed by atoms with Crippen molar-refractivity contribution >= 4 is 33.1 Å². The van der Waals surface area contributed by atoms with Gasteiger partial charge in [-0.15, -0.1) is 0 Å². The maximum absolute atomic E-state index is 12.8. The van der Waals surface area contributed by atoms with Gasteiger partial charge in [-0.25, -0.2) is 0 Å². The number of hydrogen-bond acceptors (Lipinski definition) is 3. The minimum Gasteiger partial charge on any atom is -0.308 e. The Morgan fingerprint density at radius 3 is 2.43 bits per heavy atom. The Morgan fingerprint density at radius 2 is 1.74 bits per heavy atom. The van der Waals surface area contributed by atoms with Crippen molar-refractivity contribution in [2.24, 2.45) is 0 Å². The molecule has 3 rings (SSSR count). The van der Waals surface area contributed by atoms with Crippen LogP contribution in [0.2, 0.25) is 0 Å². The average molecular weight is 326 g/mol. The summed E-state index contributed by atoms with van der Waals surface area (Å²) in [4.78, 5) is 26.7. The minimum absolute atomic E-state index is 0.0190. The Morgan fingerprint density at radius 1 is 1.09 bits per heavy atom. The van der Waals surface area contributed by atoms with Crippen LogP contribution in [0.5, 0.6) is 0 Å². The van der Waals surface area contributed by atoms with Gasteiger partial charge in [0.1, 0.15) is 6.54 Å². The first kappa shape index (κ1) is 15.5. The molecular formula is C18H18N2O2S. The monoisotopic (exact) mass is 326 g/mol. The molecule has 1 aromatic heterocycles. The fourth-order valence-electron chi connectivity index (χ4n) is 2.69. The highest BCUT2D eigenvalue weighted by Crippen LogP contribution is 2.20. The maximum atomic E-state index is 12.8. The van der Waals surface area contributed by atoms with Gasteiger partial charge in [0.05, 0.1) is 10.2 Å². The molecule has 0 aliphatic carbocycles. The van der Waals surface area contributed by atoms with Crippen molar-refractivity contribution in [3.63, 3.8) is 0 Å². The van der Waals surface area contributed by atoms with E-state index in [1.54, 1.807) is 9.47 Å².